The number of amides is 1. The third-order valence-electron chi connectivity index (χ3n) is 3.64. The number of rotatable bonds is 0. The van der Waals surface area contributed by atoms with Crippen molar-refractivity contribution >= 4 is 17.5 Å². The highest BCUT2D eigenvalue weighted by Gasteiger charge is 2.47. The molecule has 0 atom stereocenters. The van der Waals surface area contributed by atoms with Crippen LogP contribution in [0.5, 0.6) is 0 Å². The minimum absolute atomic E-state index is 0.0706. The Balaban J connectivity index is 2.19. The van der Waals surface area contributed by atoms with E-state index in [0.717, 1.165) is 5.56 Å². The van der Waals surface area contributed by atoms with Gasteiger partial charge in [0.25, 0.3) is 5.91 Å². The predicted molar refractivity (Wildman–Crippen MR) is 61.6 cm³/mol. The lowest BCUT2D eigenvalue weighted by atomic mass is 9.72. The smallest absolute Gasteiger partial charge is 0.254 e. The molecule has 3 aliphatic carbocycles. The summed E-state index contributed by atoms with van der Waals surface area (Å²) in [4.78, 5) is 12.0. The van der Waals surface area contributed by atoms with Crippen molar-refractivity contribution in [2.75, 3.05) is 0 Å². The molecule has 3 heteroatoms. The highest BCUT2D eigenvalue weighted by atomic mass is 35.5. The van der Waals surface area contributed by atoms with Crippen LogP contribution in [-0.4, -0.2) is 5.91 Å². The van der Waals surface area contributed by atoms with Crippen molar-refractivity contribution in [2.24, 2.45) is 0 Å². The number of allylic oxidation sites excluding steroid dienone is 2. The van der Waals surface area contributed by atoms with Gasteiger partial charge in [-0.2, -0.15) is 0 Å². The summed E-state index contributed by atoms with van der Waals surface area (Å²) in [5.74, 6) is 0.222. The van der Waals surface area contributed by atoms with Gasteiger partial charge in [0.05, 0.1) is 10.6 Å². The average molecular weight is 230 g/mol. The first-order valence-electron chi connectivity index (χ1n) is 5.25. The van der Waals surface area contributed by atoms with Crippen LogP contribution < -0.4 is 5.32 Å². The largest absolute Gasteiger partial charge is 0.335 e. The first kappa shape index (κ1) is 8.59. The van der Waals surface area contributed by atoms with E-state index in [1.165, 1.54) is 5.56 Å². The molecule has 0 aromatic heterocycles. The van der Waals surface area contributed by atoms with Gasteiger partial charge in [-0.15, -0.1) is 0 Å². The number of halogens is 1. The quantitative estimate of drug-likeness (QED) is 0.681. The van der Waals surface area contributed by atoms with Crippen molar-refractivity contribution in [1.82, 2.24) is 5.32 Å². The Morgan fingerprint density at radius 2 is 2.00 bits per heavy atom. The Morgan fingerprint density at radius 1 is 1.25 bits per heavy atom. The molecule has 0 fully saturated rings. The van der Waals surface area contributed by atoms with Gasteiger partial charge in [0.15, 0.2) is 0 Å². The summed E-state index contributed by atoms with van der Waals surface area (Å²) in [6.45, 7) is 0. The number of carbonyl (C=O) groups excluding carboxylic acids is 1. The maximum Gasteiger partial charge on any atom is 0.254 e. The molecule has 2 bridgehead atoms. The molecule has 1 amide bonds. The minimum Gasteiger partial charge on any atom is -0.335 e. The maximum atomic E-state index is 12.0. The normalized spacial score (nSPS) is 31.8. The Hall–Kier alpha value is -1.54. The van der Waals surface area contributed by atoms with Crippen molar-refractivity contribution in [2.45, 2.75) is 11.5 Å². The molecule has 0 saturated carbocycles. The fourth-order valence-corrected chi connectivity index (χ4v) is 3.18. The van der Waals surface area contributed by atoms with Gasteiger partial charge in [0.1, 0.15) is 5.54 Å². The van der Waals surface area contributed by atoms with Crippen LogP contribution in [0.25, 0.3) is 0 Å². The Morgan fingerprint density at radius 3 is 2.75 bits per heavy atom. The van der Waals surface area contributed by atoms with Crippen LogP contribution in [0.2, 0.25) is 5.02 Å². The first-order valence-corrected chi connectivity index (χ1v) is 5.63. The molecule has 1 heterocycles. The predicted octanol–water partition coefficient (Wildman–Crippen LogP) is 2.50. The molecule has 1 spiro atoms. The molecule has 1 N–H and O–H groups in total. The van der Waals surface area contributed by atoms with E-state index in [4.69, 9.17) is 11.6 Å². The van der Waals surface area contributed by atoms with Crippen LogP contribution in [0, 0.1) is 0 Å². The van der Waals surface area contributed by atoms with Crippen LogP contribution in [-0.2, 0) is 5.54 Å². The lowest BCUT2D eigenvalue weighted by Crippen LogP contribution is -2.39. The zero-order chi connectivity index (χ0) is 10.9. The van der Waals surface area contributed by atoms with Crippen LogP contribution in [0.1, 0.15) is 27.4 Å². The Bertz CT molecular complexity index is 586. The van der Waals surface area contributed by atoms with Gasteiger partial charge in [-0.3, -0.25) is 4.79 Å². The zero-order valence-electron chi connectivity index (χ0n) is 8.33. The van der Waals surface area contributed by atoms with E-state index < -0.39 is 5.54 Å². The third-order valence-corrected chi connectivity index (χ3v) is 3.95. The fourth-order valence-electron chi connectivity index (χ4n) is 2.94. The molecular formula is C13H8ClNO. The van der Waals surface area contributed by atoms with Gasteiger partial charge < -0.3 is 5.32 Å². The van der Waals surface area contributed by atoms with E-state index >= 15 is 0 Å². The zero-order valence-corrected chi connectivity index (χ0v) is 9.08. The average Bonchev–Trinajstić information content (AvgIpc) is 2.58. The van der Waals surface area contributed by atoms with Crippen molar-refractivity contribution < 1.29 is 4.79 Å². The molecule has 1 aliphatic heterocycles. The van der Waals surface area contributed by atoms with Crippen LogP contribution >= 0.6 is 11.6 Å². The van der Waals surface area contributed by atoms with Gasteiger partial charge in [-0.05, 0) is 11.6 Å². The highest BCUT2D eigenvalue weighted by Crippen LogP contribution is 2.49. The monoisotopic (exact) mass is 229 g/mol. The Kier molecular flexibility index (Phi) is 1.29. The van der Waals surface area contributed by atoms with E-state index in [9.17, 15) is 4.79 Å². The summed E-state index contributed by atoms with van der Waals surface area (Å²) in [6, 6.07) is 3.84. The summed E-state index contributed by atoms with van der Waals surface area (Å²) in [6.07, 6.45) is 8.38. The third kappa shape index (κ3) is 0.758. The highest BCUT2D eigenvalue weighted by molar-refractivity contribution is 6.34. The number of carbonyl (C=O) groups is 1. The summed E-state index contributed by atoms with van der Waals surface area (Å²) in [5.41, 5.74) is 2.47. The molecule has 1 aromatic carbocycles. The molecule has 16 heavy (non-hydrogen) atoms. The SMILES string of the molecule is O=C1NC23C=CC(C=C2)c2ccc(Cl)c1c23. The number of hydrogen-bond donors (Lipinski definition) is 1. The second-order valence-corrected chi connectivity index (χ2v) is 4.86. The van der Waals surface area contributed by atoms with Crippen LogP contribution in [0.15, 0.2) is 36.4 Å². The summed E-state index contributed by atoms with van der Waals surface area (Å²) >= 11 is 6.11. The summed E-state index contributed by atoms with van der Waals surface area (Å²) in [7, 11) is 0. The molecule has 0 radical (unpaired) electrons. The summed E-state index contributed by atoms with van der Waals surface area (Å²) in [5, 5.41) is 3.55. The first-order chi connectivity index (χ1) is 7.71. The number of nitrogens with one attached hydrogen (secondary N) is 1. The van der Waals surface area contributed by atoms with Gasteiger partial charge >= 0.3 is 0 Å². The molecule has 78 valence electrons. The standard InChI is InChI=1S/C13H8ClNO/c14-9-2-1-8-7-3-5-13(6-4-7)11(8)10(9)12(16)15-13/h1-7H,(H,15,16). The van der Waals surface area contributed by atoms with Gasteiger partial charge in [-0.1, -0.05) is 42.0 Å². The van der Waals surface area contributed by atoms with Crippen LogP contribution in [0.4, 0.5) is 0 Å². The maximum absolute atomic E-state index is 12.0. The van der Waals surface area contributed by atoms with Gasteiger partial charge in [-0.25, -0.2) is 0 Å². The number of hydrogen-bond acceptors (Lipinski definition) is 1. The van der Waals surface area contributed by atoms with Gasteiger partial charge in [0, 0.05) is 11.5 Å². The lowest BCUT2D eigenvalue weighted by molar-refractivity contribution is 0.0951. The molecule has 0 saturated heterocycles. The molecule has 5 rings (SSSR count). The molecule has 1 aromatic rings. The van der Waals surface area contributed by atoms with E-state index in [0.29, 0.717) is 16.5 Å². The second-order valence-electron chi connectivity index (χ2n) is 4.45. The lowest BCUT2D eigenvalue weighted by Gasteiger charge is -2.35. The van der Waals surface area contributed by atoms with Crippen molar-refractivity contribution in [3.05, 3.63) is 58.1 Å². The Labute approximate surface area is 97.6 Å². The van der Waals surface area contributed by atoms with Crippen LogP contribution in [0.3, 0.4) is 0 Å². The summed E-state index contributed by atoms with van der Waals surface area (Å²) < 4.78 is 0. The van der Waals surface area contributed by atoms with Crippen molar-refractivity contribution in [3.63, 3.8) is 0 Å². The topological polar surface area (TPSA) is 29.1 Å². The van der Waals surface area contributed by atoms with Crippen molar-refractivity contribution in [3.8, 4) is 0 Å². The van der Waals surface area contributed by atoms with Crippen molar-refractivity contribution in [1.29, 1.82) is 0 Å². The molecule has 0 unspecified atom stereocenters. The molecule has 4 aliphatic rings. The van der Waals surface area contributed by atoms with E-state index in [2.05, 4.69) is 29.6 Å². The fraction of sp³-hybridized carbons (Fsp3) is 0.154. The number of benzene rings is 1. The van der Waals surface area contributed by atoms with E-state index in [1.54, 1.807) is 0 Å². The van der Waals surface area contributed by atoms with E-state index in [-0.39, 0.29) is 5.91 Å². The minimum atomic E-state index is -0.429. The molecule has 2 nitrogen and oxygen atoms in total. The van der Waals surface area contributed by atoms with E-state index in [1.807, 2.05) is 12.1 Å². The second kappa shape index (κ2) is 2.41. The van der Waals surface area contributed by atoms with Gasteiger partial charge in [0.2, 0.25) is 0 Å². The molecular weight excluding hydrogens is 222 g/mol.